The van der Waals surface area contributed by atoms with Gasteiger partial charge in [-0.05, 0) is 41.8 Å². The van der Waals surface area contributed by atoms with E-state index in [1.54, 1.807) is 18.2 Å². The Kier molecular flexibility index (Phi) is 5.98. The smallest absolute Gasteiger partial charge is 0.333 e. The molecule has 1 aromatic heterocycles. The Balaban J connectivity index is 1.56. The van der Waals surface area contributed by atoms with Crippen molar-refractivity contribution in [2.45, 2.75) is 24.3 Å². The summed E-state index contributed by atoms with van der Waals surface area (Å²) in [6.45, 7) is 0.538. The summed E-state index contributed by atoms with van der Waals surface area (Å²) in [7, 11) is -3.68. The number of halogens is 3. The highest BCUT2D eigenvalue weighted by molar-refractivity contribution is 7.90. The molecule has 0 unspecified atom stereocenters. The second-order valence-electron chi connectivity index (χ2n) is 7.86. The number of ketones is 1. The average molecular weight is 489 g/mol. The molecule has 3 aromatic rings. The Morgan fingerprint density at radius 3 is 2.29 bits per heavy atom. The molecule has 11 heteroatoms. The van der Waals surface area contributed by atoms with Gasteiger partial charge in [-0.15, -0.1) is 0 Å². The van der Waals surface area contributed by atoms with Gasteiger partial charge in [0.15, 0.2) is 5.78 Å². The first-order chi connectivity index (χ1) is 15.9. The molecule has 1 aliphatic rings. The molecule has 2 aromatic carbocycles. The zero-order valence-corrected chi connectivity index (χ0v) is 18.7. The molecule has 4 rings (SSSR count). The number of hydrogen-bond acceptors (Lipinski definition) is 6. The maximum atomic E-state index is 12.9. The molecule has 1 aliphatic heterocycles. The molecule has 0 saturated heterocycles. The Labute approximate surface area is 193 Å². The van der Waals surface area contributed by atoms with Crippen LogP contribution in [0, 0.1) is 0 Å². The standard InChI is InChI=1S/C23H18F3N3O4S/c1-34(32,33)22-27-10-8-19(28-22)21(31)29-11-9-14-2-3-16(12-17(14)13-29)20(30)15-4-6-18(7-5-15)23(24,25)26/h2-8,10,12H,9,11,13H2,1H3. The van der Waals surface area contributed by atoms with Gasteiger partial charge in [-0.1, -0.05) is 24.3 Å². The predicted octanol–water partition coefficient (Wildman–Crippen LogP) is 3.33. The summed E-state index contributed by atoms with van der Waals surface area (Å²) in [5.74, 6) is -0.911. The molecule has 0 bridgehead atoms. The van der Waals surface area contributed by atoms with Crippen molar-refractivity contribution in [2.24, 2.45) is 0 Å². The number of alkyl halides is 3. The van der Waals surface area contributed by atoms with Gasteiger partial charge in [-0.2, -0.15) is 13.2 Å². The van der Waals surface area contributed by atoms with Crippen LogP contribution >= 0.6 is 0 Å². The van der Waals surface area contributed by atoms with E-state index in [4.69, 9.17) is 0 Å². The molecule has 0 radical (unpaired) electrons. The van der Waals surface area contributed by atoms with Gasteiger partial charge in [-0.25, -0.2) is 18.4 Å². The largest absolute Gasteiger partial charge is 0.416 e. The van der Waals surface area contributed by atoms with E-state index in [-0.39, 0.29) is 23.4 Å². The van der Waals surface area contributed by atoms with E-state index in [0.717, 1.165) is 41.6 Å². The predicted molar refractivity (Wildman–Crippen MR) is 115 cm³/mol. The van der Waals surface area contributed by atoms with Gasteiger partial charge in [0.2, 0.25) is 15.0 Å². The van der Waals surface area contributed by atoms with E-state index in [0.29, 0.717) is 13.0 Å². The fraction of sp³-hybridized carbons (Fsp3) is 0.217. The fourth-order valence-electron chi connectivity index (χ4n) is 3.65. The normalized spacial score (nSPS) is 13.9. The van der Waals surface area contributed by atoms with Gasteiger partial charge in [0, 0.05) is 36.7 Å². The molecule has 1 amide bonds. The molecule has 7 nitrogen and oxygen atoms in total. The number of amides is 1. The Morgan fingerprint density at radius 1 is 0.971 bits per heavy atom. The van der Waals surface area contributed by atoms with Gasteiger partial charge in [0.1, 0.15) is 5.69 Å². The number of carbonyl (C=O) groups is 2. The van der Waals surface area contributed by atoms with Crippen LogP contribution in [-0.4, -0.2) is 47.8 Å². The van der Waals surface area contributed by atoms with Crippen LogP contribution in [0.25, 0.3) is 0 Å². The zero-order chi connectivity index (χ0) is 24.7. The fourth-order valence-corrected chi connectivity index (χ4v) is 4.17. The number of rotatable bonds is 4. The van der Waals surface area contributed by atoms with Crippen molar-refractivity contribution in [2.75, 3.05) is 12.8 Å². The van der Waals surface area contributed by atoms with Crippen molar-refractivity contribution >= 4 is 21.5 Å². The highest BCUT2D eigenvalue weighted by Crippen LogP contribution is 2.30. The lowest BCUT2D eigenvalue weighted by Gasteiger charge is -2.29. The first kappa shape index (κ1) is 23.6. The Bertz CT molecular complexity index is 1390. The first-order valence-corrected chi connectivity index (χ1v) is 12.0. The lowest BCUT2D eigenvalue weighted by molar-refractivity contribution is -0.137. The average Bonchev–Trinajstić information content (AvgIpc) is 2.81. The van der Waals surface area contributed by atoms with Crippen LogP contribution in [0.5, 0.6) is 0 Å². The summed E-state index contributed by atoms with van der Waals surface area (Å²) in [6, 6.07) is 10.3. The molecular weight excluding hydrogens is 471 g/mol. The second kappa shape index (κ2) is 8.64. The maximum absolute atomic E-state index is 12.9. The summed E-state index contributed by atoms with van der Waals surface area (Å²) in [6.07, 6.45) is -1.83. The van der Waals surface area contributed by atoms with Crippen molar-refractivity contribution in [1.82, 2.24) is 14.9 Å². The van der Waals surface area contributed by atoms with Crippen LogP contribution in [0.1, 0.15) is 43.1 Å². The number of carbonyl (C=O) groups excluding carboxylic acids is 2. The van der Waals surface area contributed by atoms with E-state index < -0.39 is 38.4 Å². The Morgan fingerprint density at radius 2 is 1.65 bits per heavy atom. The Hall–Kier alpha value is -3.60. The highest BCUT2D eigenvalue weighted by atomic mass is 32.2. The van der Waals surface area contributed by atoms with Crippen molar-refractivity contribution in [1.29, 1.82) is 0 Å². The SMILES string of the molecule is CS(=O)(=O)c1nccc(C(=O)N2CCc3ccc(C(=O)c4ccc(C(F)(F)F)cc4)cc3C2)n1. The van der Waals surface area contributed by atoms with Crippen LogP contribution in [-0.2, 0) is 29.0 Å². The zero-order valence-electron chi connectivity index (χ0n) is 17.8. The summed E-state index contributed by atoms with van der Waals surface area (Å²) in [5, 5.41) is -0.444. The molecule has 0 atom stereocenters. The number of benzene rings is 2. The molecule has 0 saturated carbocycles. The van der Waals surface area contributed by atoms with Gasteiger partial charge in [-0.3, -0.25) is 9.59 Å². The minimum Gasteiger partial charge on any atom is -0.333 e. The molecule has 2 heterocycles. The van der Waals surface area contributed by atoms with E-state index in [9.17, 15) is 31.2 Å². The number of nitrogens with zero attached hydrogens (tertiary/aromatic N) is 3. The van der Waals surface area contributed by atoms with Crippen LogP contribution in [0.2, 0.25) is 0 Å². The summed E-state index contributed by atoms with van der Waals surface area (Å²) >= 11 is 0. The van der Waals surface area contributed by atoms with Crippen molar-refractivity contribution in [3.05, 3.63) is 88.2 Å². The van der Waals surface area contributed by atoms with Gasteiger partial charge in [0.05, 0.1) is 5.56 Å². The molecular formula is C23H18F3N3O4S. The summed E-state index contributed by atoms with van der Waals surface area (Å²) in [5.41, 5.74) is 1.16. The second-order valence-corrected chi connectivity index (χ2v) is 9.77. The van der Waals surface area contributed by atoms with Crippen molar-refractivity contribution < 1.29 is 31.2 Å². The summed E-state index contributed by atoms with van der Waals surface area (Å²) in [4.78, 5) is 34.8. The van der Waals surface area contributed by atoms with E-state index in [1.807, 2.05) is 0 Å². The number of aromatic nitrogens is 2. The van der Waals surface area contributed by atoms with E-state index >= 15 is 0 Å². The maximum Gasteiger partial charge on any atom is 0.416 e. The third-order valence-corrected chi connectivity index (χ3v) is 6.29. The third-order valence-electron chi connectivity index (χ3n) is 5.43. The monoisotopic (exact) mass is 489 g/mol. The van der Waals surface area contributed by atoms with Crippen molar-refractivity contribution in [3.63, 3.8) is 0 Å². The lowest BCUT2D eigenvalue weighted by atomic mass is 9.94. The van der Waals surface area contributed by atoms with Gasteiger partial charge < -0.3 is 4.90 Å². The lowest BCUT2D eigenvalue weighted by Crippen LogP contribution is -2.36. The molecule has 176 valence electrons. The molecule has 0 fully saturated rings. The third kappa shape index (κ3) is 4.84. The summed E-state index contributed by atoms with van der Waals surface area (Å²) < 4.78 is 61.7. The van der Waals surface area contributed by atoms with Crippen molar-refractivity contribution in [3.8, 4) is 0 Å². The topological polar surface area (TPSA) is 97.3 Å². The van der Waals surface area contributed by atoms with Crippen LogP contribution in [0.4, 0.5) is 13.2 Å². The van der Waals surface area contributed by atoms with E-state index in [1.165, 1.54) is 17.2 Å². The quantitative estimate of drug-likeness (QED) is 0.412. The minimum absolute atomic E-state index is 0.0594. The first-order valence-electron chi connectivity index (χ1n) is 10.1. The van der Waals surface area contributed by atoms with Gasteiger partial charge in [0.25, 0.3) is 5.91 Å². The molecule has 0 aliphatic carbocycles. The number of hydrogen-bond donors (Lipinski definition) is 0. The number of fused-ring (bicyclic) bond motifs is 1. The van der Waals surface area contributed by atoms with Crippen LogP contribution < -0.4 is 0 Å². The minimum atomic E-state index is -4.49. The highest BCUT2D eigenvalue weighted by Gasteiger charge is 2.30. The molecule has 0 N–H and O–H groups in total. The van der Waals surface area contributed by atoms with Crippen LogP contribution in [0.3, 0.4) is 0 Å². The van der Waals surface area contributed by atoms with Gasteiger partial charge >= 0.3 is 6.18 Å². The van der Waals surface area contributed by atoms with E-state index in [2.05, 4.69) is 9.97 Å². The number of sulfone groups is 1. The molecule has 0 spiro atoms. The molecule has 34 heavy (non-hydrogen) atoms. The van der Waals surface area contributed by atoms with Crippen LogP contribution in [0.15, 0.2) is 59.9 Å².